The Hall–Kier alpha value is -2.54. The molecule has 3 aromatic rings. The maximum Gasteiger partial charge on any atom is 0.199 e. The van der Waals surface area contributed by atoms with Crippen molar-refractivity contribution in [2.45, 2.75) is 6.04 Å². The fourth-order valence-electron chi connectivity index (χ4n) is 1.83. The molecular weight excluding hydrogens is 242 g/mol. The quantitative estimate of drug-likeness (QED) is 0.710. The monoisotopic (exact) mass is 255 g/mol. The van der Waals surface area contributed by atoms with Gasteiger partial charge in [-0.15, -0.1) is 5.10 Å². The second-order valence-electron chi connectivity index (χ2n) is 4.14. The topological polar surface area (TPSA) is 94.0 Å². The highest BCUT2D eigenvalue weighted by Crippen LogP contribution is 2.11. The summed E-state index contributed by atoms with van der Waals surface area (Å²) in [6, 6.07) is 9.81. The number of nitrogens with zero attached hydrogens (tertiary/aromatic N) is 5. The summed E-state index contributed by atoms with van der Waals surface area (Å²) >= 11 is 0. The average molecular weight is 255 g/mol. The molecule has 0 radical (unpaired) electrons. The molecule has 0 saturated carbocycles. The summed E-state index contributed by atoms with van der Waals surface area (Å²) in [6.45, 7) is 0.574. The van der Waals surface area contributed by atoms with Crippen LogP contribution in [0.2, 0.25) is 0 Å². The van der Waals surface area contributed by atoms with E-state index in [9.17, 15) is 0 Å². The number of anilines is 1. The second-order valence-corrected chi connectivity index (χ2v) is 4.14. The molecule has 1 unspecified atom stereocenters. The van der Waals surface area contributed by atoms with Gasteiger partial charge in [-0.1, -0.05) is 30.3 Å². The van der Waals surface area contributed by atoms with Gasteiger partial charge in [0.15, 0.2) is 5.65 Å². The third kappa shape index (κ3) is 2.36. The third-order valence-electron chi connectivity index (χ3n) is 2.84. The molecule has 2 heterocycles. The Morgan fingerprint density at radius 1 is 1.21 bits per heavy atom. The zero-order valence-corrected chi connectivity index (χ0v) is 10.1. The minimum absolute atomic E-state index is 0.104. The van der Waals surface area contributed by atoms with Crippen LogP contribution in [0.5, 0.6) is 0 Å². The van der Waals surface area contributed by atoms with Crippen molar-refractivity contribution in [1.82, 2.24) is 25.0 Å². The summed E-state index contributed by atoms with van der Waals surface area (Å²) in [7, 11) is 0. The van der Waals surface area contributed by atoms with Crippen LogP contribution >= 0.6 is 0 Å². The third-order valence-corrected chi connectivity index (χ3v) is 2.84. The Kier molecular flexibility index (Phi) is 3.03. The highest BCUT2D eigenvalue weighted by atomic mass is 15.5. The van der Waals surface area contributed by atoms with Crippen LogP contribution in [0.25, 0.3) is 5.65 Å². The van der Waals surface area contributed by atoms with Gasteiger partial charge in [0.05, 0.1) is 12.4 Å². The van der Waals surface area contributed by atoms with Gasteiger partial charge < -0.3 is 11.1 Å². The Balaban J connectivity index is 1.74. The molecule has 0 saturated heterocycles. The van der Waals surface area contributed by atoms with Crippen molar-refractivity contribution >= 4 is 11.5 Å². The van der Waals surface area contributed by atoms with Crippen LogP contribution in [-0.2, 0) is 0 Å². The number of nitrogens with one attached hydrogen (secondary N) is 1. The largest absolute Gasteiger partial charge is 0.367 e. The molecular formula is C12H13N7. The van der Waals surface area contributed by atoms with Crippen molar-refractivity contribution < 1.29 is 0 Å². The van der Waals surface area contributed by atoms with Gasteiger partial charge in [-0.2, -0.15) is 4.52 Å². The number of hydrogen-bond donors (Lipinski definition) is 2. The number of benzene rings is 1. The molecule has 19 heavy (non-hydrogen) atoms. The second kappa shape index (κ2) is 4.99. The fourth-order valence-corrected chi connectivity index (χ4v) is 1.83. The first-order chi connectivity index (χ1) is 9.34. The predicted octanol–water partition coefficient (Wildman–Crippen LogP) is 0.631. The first kappa shape index (κ1) is 11.5. The minimum Gasteiger partial charge on any atom is -0.367 e. The van der Waals surface area contributed by atoms with E-state index in [1.165, 1.54) is 0 Å². The van der Waals surface area contributed by atoms with Crippen molar-refractivity contribution in [3.05, 3.63) is 48.3 Å². The SMILES string of the molecule is NC(CNc1cncc2nnnn12)c1ccccc1. The summed E-state index contributed by atoms with van der Waals surface area (Å²) < 4.78 is 1.59. The molecule has 0 amide bonds. The summed E-state index contributed by atoms with van der Waals surface area (Å²) in [5, 5.41) is 14.5. The number of rotatable bonds is 4. The maximum absolute atomic E-state index is 6.12. The van der Waals surface area contributed by atoms with E-state index in [0.29, 0.717) is 18.0 Å². The number of hydrogen-bond acceptors (Lipinski definition) is 6. The first-order valence-corrected chi connectivity index (χ1v) is 5.91. The molecule has 0 aliphatic heterocycles. The smallest absolute Gasteiger partial charge is 0.199 e. The summed E-state index contributed by atoms with van der Waals surface area (Å²) in [4.78, 5) is 4.07. The molecule has 0 fully saturated rings. The number of fused-ring (bicyclic) bond motifs is 1. The molecule has 1 aromatic carbocycles. The van der Waals surface area contributed by atoms with Gasteiger partial charge in [-0.05, 0) is 16.0 Å². The summed E-state index contributed by atoms with van der Waals surface area (Å²) in [5.41, 5.74) is 7.79. The summed E-state index contributed by atoms with van der Waals surface area (Å²) in [5.74, 6) is 0.717. The van der Waals surface area contributed by atoms with Gasteiger partial charge in [0.2, 0.25) is 0 Å². The zero-order chi connectivity index (χ0) is 13.1. The van der Waals surface area contributed by atoms with E-state index in [4.69, 9.17) is 5.73 Å². The predicted molar refractivity (Wildman–Crippen MR) is 70.4 cm³/mol. The Bertz CT molecular complexity index is 664. The average Bonchev–Trinajstić information content (AvgIpc) is 2.94. The lowest BCUT2D eigenvalue weighted by Gasteiger charge is -2.13. The van der Waals surface area contributed by atoms with Crippen molar-refractivity contribution in [3.8, 4) is 0 Å². The van der Waals surface area contributed by atoms with Crippen LogP contribution in [0.1, 0.15) is 11.6 Å². The van der Waals surface area contributed by atoms with E-state index >= 15 is 0 Å². The van der Waals surface area contributed by atoms with E-state index in [-0.39, 0.29) is 6.04 Å². The molecule has 3 N–H and O–H groups in total. The Morgan fingerprint density at radius 2 is 2.05 bits per heavy atom. The molecule has 2 aromatic heterocycles. The normalized spacial score (nSPS) is 12.5. The van der Waals surface area contributed by atoms with E-state index in [2.05, 4.69) is 25.8 Å². The van der Waals surface area contributed by atoms with E-state index in [0.717, 1.165) is 5.56 Å². The maximum atomic E-state index is 6.12. The van der Waals surface area contributed by atoms with Crippen molar-refractivity contribution in [1.29, 1.82) is 0 Å². The van der Waals surface area contributed by atoms with Gasteiger partial charge in [0.25, 0.3) is 0 Å². The molecule has 0 aliphatic rings. The number of tetrazole rings is 1. The zero-order valence-electron chi connectivity index (χ0n) is 10.1. The molecule has 3 rings (SSSR count). The number of aromatic nitrogens is 5. The Morgan fingerprint density at radius 3 is 2.89 bits per heavy atom. The molecule has 7 heteroatoms. The highest BCUT2D eigenvalue weighted by Gasteiger charge is 2.07. The van der Waals surface area contributed by atoms with Crippen molar-refractivity contribution in [2.24, 2.45) is 5.73 Å². The van der Waals surface area contributed by atoms with Gasteiger partial charge in [0, 0.05) is 12.6 Å². The minimum atomic E-state index is -0.104. The van der Waals surface area contributed by atoms with Crippen LogP contribution in [0.3, 0.4) is 0 Å². The molecule has 7 nitrogen and oxygen atoms in total. The van der Waals surface area contributed by atoms with Crippen LogP contribution in [-0.4, -0.2) is 31.6 Å². The van der Waals surface area contributed by atoms with Gasteiger partial charge in [-0.3, -0.25) is 4.98 Å². The highest BCUT2D eigenvalue weighted by molar-refractivity contribution is 5.43. The molecule has 0 bridgehead atoms. The lowest BCUT2D eigenvalue weighted by atomic mass is 10.1. The van der Waals surface area contributed by atoms with Gasteiger partial charge in [-0.25, -0.2) is 0 Å². The van der Waals surface area contributed by atoms with Crippen LogP contribution in [0, 0.1) is 0 Å². The standard InChI is InChI=1S/C12H13N7/c13-10(9-4-2-1-3-5-9)6-15-11-7-14-8-12-16-17-18-19(11)12/h1-5,7-8,10,15H,6,13H2. The van der Waals surface area contributed by atoms with Gasteiger partial charge in [0.1, 0.15) is 5.82 Å². The molecule has 0 aliphatic carbocycles. The van der Waals surface area contributed by atoms with Crippen LogP contribution < -0.4 is 11.1 Å². The fraction of sp³-hybridized carbons (Fsp3) is 0.167. The lowest BCUT2D eigenvalue weighted by Crippen LogP contribution is -2.21. The van der Waals surface area contributed by atoms with E-state index < -0.39 is 0 Å². The molecule has 1 atom stereocenters. The van der Waals surface area contributed by atoms with Crippen molar-refractivity contribution in [3.63, 3.8) is 0 Å². The van der Waals surface area contributed by atoms with Crippen molar-refractivity contribution in [2.75, 3.05) is 11.9 Å². The molecule has 96 valence electrons. The summed E-state index contributed by atoms with van der Waals surface area (Å²) in [6.07, 6.45) is 3.27. The van der Waals surface area contributed by atoms with E-state index in [1.54, 1.807) is 16.9 Å². The molecule has 0 spiro atoms. The Labute approximate surface area is 109 Å². The van der Waals surface area contributed by atoms with Crippen LogP contribution in [0.4, 0.5) is 5.82 Å². The van der Waals surface area contributed by atoms with Gasteiger partial charge >= 0.3 is 0 Å². The lowest BCUT2D eigenvalue weighted by molar-refractivity contribution is 0.750. The first-order valence-electron chi connectivity index (χ1n) is 5.91. The van der Waals surface area contributed by atoms with Crippen LogP contribution in [0.15, 0.2) is 42.7 Å². The van der Waals surface area contributed by atoms with E-state index in [1.807, 2.05) is 30.3 Å². The number of nitrogens with two attached hydrogens (primary N) is 1.